The van der Waals surface area contributed by atoms with Gasteiger partial charge in [-0.15, -0.1) is 0 Å². The van der Waals surface area contributed by atoms with Gasteiger partial charge >= 0.3 is 0 Å². The van der Waals surface area contributed by atoms with E-state index in [4.69, 9.17) is 5.26 Å². The number of nitriles is 1. The lowest BCUT2D eigenvalue weighted by atomic mass is 10.2. The van der Waals surface area contributed by atoms with E-state index < -0.39 is 0 Å². The van der Waals surface area contributed by atoms with Gasteiger partial charge in [-0.3, -0.25) is 9.69 Å². The van der Waals surface area contributed by atoms with E-state index >= 15 is 0 Å². The molecule has 1 amide bonds. The number of amides is 1. The van der Waals surface area contributed by atoms with E-state index in [1.807, 2.05) is 18.7 Å². The lowest BCUT2D eigenvalue weighted by molar-refractivity contribution is -0.125. The smallest absolute Gasteiger partial charge is 0.237 e. The maximum absolute atomic E-state index is 11.6. The van der Waals surface area contributed by atoms with Crippen LogP contribution in [0.15, 0.2) is 0 Å². The van der Waals surface area contributed by atoms with Crippen molar-refractivity contribution in [1.82, 2.24) is 10.2 Å². The van der Waals surface area contributed by atoms with Crippen LogP contribution in [0.2, 0.25) is 0 Å². The van der Waals surface area contributed by atoms with Crippen LogP contribution >= 0.6 is 0 Å². The topological polar surface area (TPSA) is 56.1 Å². The number of nitrogens with one attached hydrogen (secondary N) is 1. The molecule has 0 aromatic rings. The molecule has 0 aliphatic heterocycles. The molecule has 0 bridgehead atoms. The molecule has 1 aliphatic rings. The first-order valence-electron chi connectivity index (χ1n) is 5.10. The van der Waals surface area contributed by atoms with Gasteiger partial charge in [0, 0.05) is 6.04 Å². The zero-order chi connectivity index (χ0) is 10.6. The number of carbonyl (C=O) groups is 1. The lowest BCUT2D eigenvalue weighted by Crippen LogP contribution is -2.45. The highest BCUT2D eigenvalue weighted by Crippen LogP contribution is 2.18. The molecule has 1 unspecified atom stereocenters. The summed E-state index contributed by atoms with van der Waals surface area (Å²) >= 11 is 0. The van der Waals surface area contributed by atoms with E-state index in [0.717, 1.165) is 19.4 Å². The Kier molecular flexibility index (Phi) is 3.90. The van der Waals surface area contributed by atoms with Crippen LogP contribution in [0.25, 0.3) is 0 Å². The summed E-state index contributed by atoms with van der Waals surface area (Å²) in [5.41, 5.74) is 0. The highest BCUT2D eigenvalue weighted by atomic mass is 16.2. The van der Waals surface area contributed by atoms with E-state index in [9.17, 15) is 4.79 Å². The molecule has 0 radical (unpaired) electrons. The van der Waals surface area contributed by atoms with Crippen molar-refractivity contribution in [1.29, 1.82) is 5.26 Å². The molecule has 1 aliphatic carbocycles. The minimum Gasteiger partial charge on any atom is -0.352 e. The molecule has 1 rings (SSSR count). The molecule has 0 heterocycles. The molecular formula is C10H17N3O. The Labute approximate surface area is 84.9 Å². The van der Waals surface area contributed by atoms with Gasteiger partial charge in [0.05, 0.1) is 18.7 Å². The number of hydrogen-bond acceptors (Lipinski definition) is 3. The zero-order valence-electron chi connectivity index (χ0n) is 8.79. The molecule has 1 fully saturated rings. The molecule has 4 heteroatoms. The van der Waals surface area contributed by atoms with Crippen molar-refractivity contribution < 1.29 is 4.79 Å². The van der Waals surface area contributed by atoms with Crippen molar-refractivity contribution in [2.75, 3.05) is 13.1 Å². The van der Waals surface area contributed by atoms with Crippen molar-refractivity contribution >= 4 is 5.91 Å². The minimum absolute atomic E-state index is 0.0459. The third kappa shape index (κ3) is 3.00. The first-order chi connectivity index (χ1) is 6.69. The molecule has 0 aromatic heterocycles. The second kappa shape index (κ2) is 4.97. The van der Waals surface area contributed by atoms with Gasteiger partial charge < -0.3 is 5.32 Å². The molecular weight excluding hydrogens is 178 g/mol. The second-order valence-electron chi connectivity index (χ2n) is 3.68. The quantitative estimate of drug-likeness (QED) is 0.650. The standard InChI is InChI=1S/C10H17N3O/c1-3-13(7-6-11)8(2)10(14)12-9-4-5-9/h8-9H,3-5,7H2,1-2H3,(H,12,14). The fourth-order valence-electron chi connectivity index (χ4n) is 1.33. The average Bonchev–Trinajstić information content (AvgIpc) is 2.96. The molecule has 4 nitrogen and oxygen atoms in total. The zero-order valence-corrected chi connectivity index (χ0v) is 8.79. The first kappa shape index (κ1) is 11.0. The summed E-state index contributed by atoms with van der Waals surface area (Å²) in [6, 6.07) is 2.27. The van der Waals surface area contributed by atoms with E-state index in [1.165, 1.54) is 0 Å². The van der Waals surface area contributed by atoms with Crippen molar-refractivity contribution in [3.8, 4) is 6.07 Å². The van der Waals surface area contributed by atoms with Gasteiger partial charge in [0.2, 0.25) is 5.91 Å². The number of likely N-dealkylation sites (N-methyl/N-ethyl adjacent to an activating group) is 1. The van der Waals surface area contributed by atoms with Gasteiger partial charge in [-0.25, -0.2) is 0 Å². The fraction of sp³-hybridized carbons (Fsp3) is 0.800. The average molecular weight is 195 g/mol. The second-order valence-corrected chi connectivity index (χ2v) is 3.68. The Bertz CT molecular complexity index is 242. The molecule has 0 aromatic carbocycles. The lowest BCUT2D eigenvalue weighted by Gasteiger charge is -2.23. The SMILES string of the molecule is CCN(CC#N)C(C)C(=O)NC1CC1. The van der Waals surface area contributed by atoms with Crippen LogP contribution < -0.4 is 5.32 Å². The summed E-state index contributed by atoms with van der Waals surface area (Å²) in [5.74, 6) is 0.0459. The maximum Gasteiger partial charge on any atom is 0.237 e. The fourth-order valence-corrected chi connectivity index (χ4v) is 1.33. The predicted molar refractivity (Wildman–Crippen MR) is 53.5 cm³/mol. The molecule has 0 saturated heterocycles. The number of hydrogen-bond donors (Lipinski definition) is 1. The van der Waals surface area contributed by atoms with Crippen LogP contribution in [0.5, 0.6) is 0 Å². The Morgan fingerprint density at radius 2 is 2.36 bits per heavy atom. The van der Waals surface area contributed by atoms with Crippen LogP contribution in [0.1, 0.15) is 26.7 Å². The summed E-state index contributed by atoms with van der Waals surface area (Å²) in [6.45, 7) is 4.85. The third-order valence-corrected chi connectivity index (χ3v) is 2.53. The molecule has 14 heavy (non-hydrogen) atoms. The maximum atomic E-state index is 11.6. The predicted octanol–water partition coefficient (Wildman–Crippen LogP) is 0.499. The van der Waals surface area contributed by atoms with Crippen molar-refractivity contribution in [2.45, 2.75) is 38.8 Å². The van der Waals surface area contributed by atoms with Crippen molar-refractivity contribution in [3.63, 3.8) is 0 Å². The van der Waals surface area contributed by atoms with Crippen LogP contribution in [0.3, 0.4) is 0 Å². The van der Waals surface area contributed by atoms with E-state index in [0.29, 0.717) is 12.6 Å². The summed E-state index contributed by atoms with van der Waals surface area (Å²) in [7, 11) is 0. The van der Waals surface area contributed by atoms with Crippen LogP contribution in [-0.4, -0.2) is 36.0 Å². The van der Waals surface area contributed by atoms with Gasteiger partial charge in [-0.05, 0) is 26.3 Å². The van der Waals surface area contributed by atoms with Crippen molar-refractivity contribution in [3.05, 3.63) is 0 Å². The van der Waals surface area contributed by atoms with Crippen LogP contribution in [-0.2, 0) is 4.79 Å². The Balaban J connectivity index is 2.39. The normalized spacial score (nSPS) is 17.6. The van der Waals surface area contributed by atoms with Gasteiger partial charge in [0.25, 0.3) is 0 Å². The van der Waals surface area contributed by atoms with E-state index in [1.54, 1.807) is 0 Å². The van der Waals surface area contributed by atoms with Gasteiger partial charge in [0.1, 0.15) is 0 Å². The minimum atomic E-state index is -0.194. The largest absolute Gasteiger partial charge is 0.352 e. The Morgan fingerprint density at radius 1 is 1.71 bits per heavy atom. The summed E-state index contributed by atoms with van der Waals surface area (Å²) in [4.78, 5) is 13.5. The van der Waals surface area contributed by atoms with E-state index in [2.05, 4.69) is 11.4 Å². The third-order valence-electron chi connectivity index (χ3n) is 2.53. The number of nitrogens with zero attached hydrogens (tertiary/aromatic N) is 2. The molecule has 78 valence electrons. The number of rotatable bonds is 5. The number of carbonyl (C=O) groups excluding carboxylic acids is 1. The molecule has 1 saturated carbocycles. The summed E-state index contributed by atoms with van der Waals surface area (Å²) in [6.07, 6.45) is 2.20. The van der Waals surface area contributed by atoms with E-state index in [-0.39, 0.29) is 11.9 Å². The van der Waals surface area contributed by atoms with Crippen LogP contribution in [0.4, 0.5) is 0 Å². The summed E-state index contributed by atoms with van der Waals surface area (Å²) < 4.78 is 0. The van der Waals surface area contributed by atoms with Crippen LogP contribution in [0, 0.1) is 11.3 Å². The highest BCUT2D eigenvalue weighted by molar-refractivity contribution is 5.81. The Morgan fingerprint density at radius 3 is 2.79 bits per heavy atom. The van der Waals surface area contributed by atoms with Gasteiger partial charge in [-0.2, -0.15) is 5.26 Å². The van der Waals surface area contributed by atoms with Crippen molar-refractivity contribution in [2.24, 2.45) is 0 Å². The van der Waals surface area contributed by atoms with Gasteiger partial charge in [-0.1, -0.05) is 6.92 Å². The molecule has 1 N–H and O–H groups in total. The highest BCUT2D eigenvalue weighted by Gasteiger charge is 2.27. The molecule has 1 atom stereocenters. The molecule has 0 spiro atoms. The first-order valence-corrected chi connectivity index (χ1v) is 5.10. The monoisotopic (exact) mass is 195 g/mol. The summed E-state index contributed by atoms with van der Waals surface area (Å²) in [5, 5.41) is 11.5. The Hall–Kier alpha value is -1.08. The van der Waals surface area contributed by atoms with Gasteiger partial charge in [0.15, 0.2) is 0 Å².